The fraction of sp³-hybridized carbons (Fsp3) is 0.348. The third-order valence-electron chi connectivity index (χ3n) is 5.89. The molecule has 1 aliphatic heterocycles. The second-order valence-corrected chi connectivity index (χ2v) is 8.05. The molecular formula is C23H25ClN2O2. The topological polar surface area (TPSA) is 61.4 Å². The highest BCUT2D eigenvalue weighted by atomic mass is 35.5. The van der Waals surface area contributed by atoms with Crippen LogP contribution < -0.4 is 10.6 Å². The first-order valence-corrected chi connectivity index (χ1v) is 10.3. The number of carbonyl (C=O) groups excluding carboxylic acids is 1. The van der Waals surface area contributed by atoms with Crippen LogP contribution in [0, 0.1) is 5.92 Å². The van der Waals surface area contributed by atoms with Crippen LogP contribution in [0.15, 0.2) is 65.9 Å². The van der Waals surface area contributed by atoms with E-state index in [0.29, 0.717) is 22.9 Å². The Labute approximate surface area is 170 Å². The highest BCUT2D eigenvalue weighted by Gasteiger charge is 2.32. The van der Waals surface area contributed by atoms with Crippen LogP contribution in [0.5, 0.6) is 0 Å². The van der Waals surface area contributed by atoms with Crippen LogP contribution in [-0.2, 0) is 11.2 Å². The monoisotopic (exact) mass is 396 g/mol. The molecule has 146 valence electrons. The number of allylic oxidation sites excluding steroid dienone is 1. The van der Waals surface area contributed by atoms with E-state index in [1.165, 1.54) is 5.56 Å². The summed E-state index contributed by atoms with van der Waals surface area (Å²) in [6.07, 6.45) is 3.57. The Balaban J connectivity index is 1.56. The maximum atomic E-state index is 12.6. The van der Waals surface area contributed by atoms with Gasteiger partial charge in [0.1, 0.15) is 0 Å². The van der Waals surface area contributed by atoms with Crippen LogP contribution in [0.2, 0.25) is 5.02 Å². The first-order chi connectivity index (χ1) is 13.6. The number of aliphatic hydroxyl groups excluding tert-OH is 1. The summed E-state index contributed by atoms with van der Waals surface area (Å²) in [6, 6.07) is 18.2. The first-order valence-electron chi connectivity index (χ1n) is 9.88. The number of hydrogen-bond donors (Lipinski definition) is 3. The highest BCUT2D eigenvalue weighted by molar-refractivity contribution is 6.31. The van der Waals surface area contributed by atoms with Gasteiger partial charge in [-0.1, -0.05) is 60.1 Å². The molecule has 1 unspecified atom stereocenters. The van der Waals surface area contributed by atoms with Gasteiger partial charge < -0.3 is 15.7 Å². The molecule has 5 heteroatoms. The standard InChI is InChI=1S/C23H25ClN2O2/c24-20-9-5-4-8-18(20)14-19-21(25-23(28)26-22(19)27)17-12-10-16(11-13-17)15-6-2-1-3-7-15/h1-9,16-17,23,25,28H,10-14H2,(H,26,27)/t16-,17-,23?. The second kappa shape index (κ2) is 8.38. The minimum absolute atomic E-state index is 0.216. The molecule has 1 amide bonds. The van der Waals surface area contributed by atoms with Crippen molar-refractivity contribution in [2.45, 2.75) is 44.4 Å². The predicted octanol–water partition coefficient (Wildman–Crippen LogP) is 4.11. The lowest BCUT2D eigenvalue weighted by molar-refractivity contribution is -0.122. The molecule has 1 saturated carbocycles. The van der Waals surface area contributed by atoms with Gasteiger partial charge in [-0.2, -0.15) is 0 Å². The molecule has 3 N–H and O–H groups in total. The first kappa shape index (κ1) is 19.0. The minimum Gasteiger partial charge on any atom is -0.356 e. The summed E-state index contributed by atoms with van der Waals surface area (Å²) in [5, 5.41) is 16.4. The van der Waals surface area contributed by atoms with Gasteiger partial charge in [-0.25, -0.2) is 0 Å². The Bertz CT molecular complexity index is 873. The van der Waals surface area contributed by atoms with Crippen molar-refractivity contribution < 1.29 is 9.90 Å². The van der Waals surface area contributed by atoms with Crippen molar-refractivity contribution in [3.05, 3.63) is 82.0 Å². The van der Waals surface area contributed by atoms with Crippen molar-refractivity contribution in [3.8, 4) is 0 Å². The molecule has 2 aliphatic rings. The van der Waals surface area contributed by atoms with Crippen molar-refractivity contribution in [2.24, 2.45) is 5.92 Å². The average molecular weight is 397 g/mol. The molecule has 0 spiro atoms. The van der Waals surface area contributed by atoms with E-state index in [1.54, 1.807) is 0 Å². The maximum Gasteiger partial charge on any atom is 0.252 e. The van der Waals surface area contributed by atoms with Gasteiger partial charge in [0, 0.05) is 22.7 Å². The van der Waals surface area contributed by atoms with Crippen molar-refractivity contribution in [2.75, 3.05) is 0 Å². The SMILES string of the molecule is O=C1NC(O)NC([C@H]2CC[C@H](c3ccccc3)CC2)=C1Cc1ccccc1Cl. The van der Waals surface area contributed by atoms with Gasteiger partial charge in [-0.05, 0) is 54.7 Å². The zero-order valence-electron chi connectivity index (χ0n) is 15.7. The number of carbonyl (C=O) groups is 1. The molecule has 0 aromatic heterocycles. The normalized spacial score (nSPS) is 25.2. The van der Waals surface area contributed by atoms with Crippen molar-refractivity contribution in [3.63, 3.8) is 0 Å². The molecule has 28 heavy (non-hydrogen) atoms. The van der Waals surface area contributed by atoms with E-state index in [9.17, 15) is 9.90 Å². The number of benzene rings is 2. The van der Waals surface area contributed by atoms with Crippen LogP contribution in [-0.4, -0.2) is 17.4 Å². The van der Waals surface area contributed by atoms with Gasteiger partial charge in [0.05, 0.1) is 0 Å². The Morgan fingerprint density at radius 1 is 0.893 bits per heavy atom. The number of hydrogen-bond acceptors (Lipinski definition) is 3. The van der Waals surface area contributed by atoms with E-state index in [0.717, 1.165) is 36.9 Å². The molecule has 0 saturated heterocycles. The van der Waals surface area contributed by atoms with Gasteiger partial charge in [0.25, 0.3) is 5.91 Å². The Morgan fingerprint density at radius 3 is 2.25 bits per heavy atom. The van der Waals surface area contributed by atoms with Gasteiger partial charge in [-0.3, -0.25) is 4.79 Å². The number of nitrogens with one attached hydrogen (secondary N) is 2. The summed E-state index contributed by atoms with van der Waals surface area (Å²) in [6.45, 7) is 0. The smallest absolute Gasteiger partial charge is 0.252 e. The molecule has 1 fully saturated rings. The van der Waals surface area contributed by atoms with E-state index < -0.39 is 6.35 Å². The molecule has 4 rings (SSSR count). The number of halogens is 1. The van der Waals surface area contributed by atoms with Crippen LogP contribution >= 0.6 is 11.6 Å². The van der Waals surface area contributed by atoms with E-state index in [4.69, 9.17) is 11.6 Å². The van der Waals surface area contributed by atoms with E-state index >= 15 is 0 Å². The highest BCUT2D eigenvalue weighted by Crippen LogP contribution is 2.39. The fourth-order valence-corrected chi connectivity index (χ4v) is 4.62. The summed E-state index contributed by atoms with van der Waals surface area (Å²) < 4.78 is 0. The molecular weight excluding hydrogens is 372 g/mol. The van der Waals surface area contributed by atoms with Gasteiger partial charge >= 0.3 is 0 Å². The summed E-state index contributed by atoms with van der Waals surface area (Å²) in [7, 11) is 0. The zero-order valence-corrected chi connectivity index (χ0v) is 16.5. The minimum atomic E-state index is -1.04. The van der Waals surface area contributed by atoms with Crippen molar-refractivity contribution >= 4 is 17.5 Å². The molecule has 2 aromatic rings. The Kier molecular flexibility index (Phi) is 5.69. The lowest BCUT2D eigenvalue weighted by Gasteiger charge is -2.35. The van der Waals surface area contributed by atoms with Crippen LogP contribution in [0.4, 0.5) is 0 Å². The molecule has 0 radical (unpaired) electrons. The largest absolute Gasteiger partial charge is 0.356 e. The van der Waals surface area contributed by atoms with Crippen LogP contribution in [0.3, 0.4) is 0 Å². The van der Waals surface area contributed by atoms with Crippen LogP contribution in [0.1, 0.15) is 42.7 Å². The van der Waals surface area contributed by atoms with E-state index in [1.807, 2.05) is 30.3 Å². The lowest BCUT2D eigenvalue weighted by Crippen LogP contribution is -2.52. The number of rotatable bonds is 4. The molecule has 1 heterocycles. The zero-order chi connectivity index (χ0) is 19.5. The fourth-order valence-electron chi connectivity index (χ4n) is 4.42. The van der Waals surface area contributed by atoms with Gasteiger partial charge in [0.15, 0.2) is 0 Å². The second-order valence-electron chi connectivity index (χ2n) is 7.64. The summed E-state index contributed by atoms with van der Waals surface area (Å²) in [5.41, 5.74) is 3.87. The van der Waals surface area contributed by atoms with Crippen molar-refractivity contribution in [1.82, 2.24) is 10.6 Å². The number of aliphatic hydroxyl groups is 1. The van der Waals surface area contributed by atoms with Crippen LogP contribution in [0.25, 0.3) is 0 Å². The number of amides is 1. The molecule has 1 aliphatic carbocycles. The van der Waals surface area contributed by atoms with Gasteiger partial charge in [0.2, 0.25) is 6.35 Å². The van der Waals surface area contributed by atoms with E-state index in [-0.39, 0.29) is 11.8 Å². The molecule has 2 aromatic carbocycles. The predicted molar refractivity (Wildman–Crippen MR) is 111 cm³/mol. The average Bonchev–Trinajstić information content (AvgIpc) is 2.72. The molecule has 4 nitrogen and oxygen atoms in total. The lowest BCUT2D eigenvalue weighted by atomic mass is 9.76. The Hall–Kier alpha value is -2.30. The third-order valence-corrected chi connectivity index (χ3v) is 6.26. The third kappa shape index (κ3) is 4.08. The Morgan fingerprint density at radius 2 is 1.54 bits per heavy atom. The molecule has 0 bridgehead atoms. The quantitative estimate of drug-likeness (QED) is 0.728. The van der Waals surface area contributed by atoms with E-state index in [2.05, 4.69) is 34.9 Å². The van der Waals surface area contributed by atoms with Crippen molar-refractivity contribution in [1.29, 1.82) is 0 Å². The molecule has 1 atom stereocenters. The maximum absolute atomic E-state index is 12.6. The summed E-state index contributed by atoms with van der Waals surface area (Å²) in [5.74, 6) is 0.594. The summed E-state index contributed by atoms with van der Waals surface area (Å²) in [4.78, 5) is 12.6. The summed E-state index contributed by atoms with van der Waals surface area (Å²) >= 11 is 6.32. The van der Waals surface area contributed by atoms with Gasteiger partial charge in [-0.15, -0.1) is 0 Å².